The Morgan fingerprint density at radius 3 is 3.00 bits per heavy atom. The second-order valence-corrected chi connectivity index (χ2v) is 4.46. The van der Waals surface area contributed by atoms with Crippen LogP contribution < -0.4 is 5.73 Å². The number of nitrogens with zero attached hydrogens (tertiary/aromatic N) is 4. The average Bonchev–Trinajstić information content (AvgIpc) is 3.11. The summed E-state index contributed by atoms with van der Waals surface area (Å²) in [5.74, 6) is 0.948. The Morgan fingerprint density at radius 1 is 1.42 bits per heavy atom. The number of ether oxygens (including phenoxy) is 1. The van der Waals surface area contributed by atoms with Gasteiger partial charge in [-0.3, -0.25) is 10.00 Å². The number of hydrogen-bond acceptors (Lipinski definition) is 7. The van der Waals surface area contributed by atoms with Crippen LogP contribution in [0.5, 0.6) is 0 Å². The molecule has 0 saturated carbocycles. The van der Waals surface area contributed by atoms with Crippen LogP contribution in [0.15, 0.2) is 16.9 Å². The van der Waals surface area contributed by atoms with Crippen molar-refractivity contribution in [2.24, 2.45) is 5.73 Å². The molecule has 1 unspecified atom stereocenters. The van der Waals surface area contributed by atoms with Crippen molar-refractivity contribution in [2.75, 3.05) is 32.8 Å². The van der Waals surface area contributed by atoms with Crippen LogP contribution in [0.2, 0.25) is 0 Å². The Kier molecular flexibility index (Phi) is 3.53. The largest absolute Gasteiger partial charge is 0.379 e. The lowest BCUT2D eigenvalue weighted by molar-refractivity contribution is 0.0348. The van der Waals surface area contributed by atoms with E-state index in [9.17, 15) is 0 Å². The van der Waals surface area contributed by atoms with E-state index in [1.54, 1.807) is 12.4 Å². The van der Waals surface area contributed by atoms with E-state index < -0.39 is 0 Å². The van der Waals surface area contributed by atoms with Crippen molar-refractivity contribution in [3.8, 4) is 11.5 Å². The molecule has 8 nitrogen and oxygen atoms in total. The van der Waals surface area contributed by atoms with Gasteiger partial charge in [-0.15, -0.1) is 0 Å². The lowest BCUT2D eigenvalue weighted by Crippen LogP contribution is -2.40. The van der Waals surface area contributed by atoms with Gasteiger partial charge in [0.15, 0.2) is 5.82 Å². The maximum Gasteiger partial charge on any atom is 0.261 e. The highest BCUT2D eigenvalue weighted by Crippen LogP contribution is 2.17. The minimum Gasteiger partial charge on any atom is -0.379 e. The minimum absolute atomic E-state index is 0.262. The van der Waals surface area contributed by atoms with Gasteiger partial charge in [0, 0.05) is 25.8 Å². The predicted octanol–water partition coefficient (Wildman–Crippen LogP) is -0.208. The molecule has 0 aliphatic carbocycles. The van der Waals surface area contributed by atoms with E-state index in [1.165, 1.54) is 0 Å². The van der Waals surface area contributed by atoms with Crippen LogP contribution in [0.3, 0.4) is 0 Å². The fourth-order valence-electron chi connectivity index (χ4n) is 2.01. The van der Waals surface area contributed by atoms with Crippen molar-refractivity contribution < 1.29 is 9.26 Å². The Balaban J connectivity index is 1.65. The van der Waals surface area contributed by atoms with Crippen LogP contribution >= 0.6 is 0 Å². The maximum absolute atomic E-state index is 6.10. The summed E-state index contributed by atoms with van der Waals surface area (Å²) in [4.78, 5) is 6.54. The van der Waals surface area contributed by atoms with Gasteiger partial charge in [0.05, 0.1) is 31.0 Å². The molecule has 0 bridgehead atoms. The molecule has 1 saturated heterocycles. The zero-order chi connectivity index (χ0) is 13.1. The molecule has 2 aromatic rings. The second kappa shape index (κ2) is 5.47. The van der Waals surface area contributed by atoms with E-state index in [-0.39, 0.29) is 6.04 Å². The van der Waals surface area contributed by atoms with Gasteiger partial charge in [-0.05, 0) is 0 Å². The highest BCUT2D eigenvalue weighted by atomic mass is 16.5. The van der Waals surface area contributed by atoms with Crippen molar-refractivity contribution >= 4 is 0 Å². The maximum atomic E-state index is 6.10. The first-order valence-electron chi connectivity index (χ1n) is 6.21. The third kappa shape index (κ3) is 2.80. The van der Waals surface area contributed by atoms with E-state index in [1.807, 2.05) is 0 Å². The number of hydrogen-bond donors (Lipinski definition) is 2. The molecule has 2 aromatic heterocycles. The third-order valence-electron chi connectivity index (χ3n) is 3.08. The smallest absolute Gasteiger partial charge is 0.261 e. The molecule has 3 N–H and O–H groups in total. The number of aromatic amines is 1. The fourth-order valence-corrected chi connectivity index (χ4v) is 2.01. The Morgan fingerprint density at radius 2 is 2.26 bits per heavy atom. The lowest BCUT2D eigenvalue weighted by atomic mass is 10.2. The monoisotopic (exact) mass is 264 g/mol. The van der Waals surface area contributed by atoms with Crippen molar-refractivity contribution in [2.45, 2.75) is 6.04 Å². The summed E-state index contributed by atoms with van der Waals surface area (Å²) in [5.41, 5.74) is 6.86. The zero-order valence-corrected chi connectivity index (χ0v) is 10.5. The summed E-state index contributed by atoms with van der Waals surface area (Å²) < 4.78 is 10.5. The predicted molar refractivity (Wildman–Crippen MR) is 66.1 cm³/mol. The van der Waals surface area contributed by atoms with Gasteiger partial charge in [-0.1, -0.05) is 5.16 Å². The number of aromatic nitrogens is 4. The molecule has 1 atom stereocenters. The number of morpholine rings is 1. The van der Waals surface area contributed by atoms with E-state index in [2.05, 4.69) is 25.2 Å². The fraction of sp³-hybridized carbons (Fsp3) is 0.545. The molecule has 1 aliphatic rings. The third-order valence-corrected chi connectivity index (χ3v) is 3.08. The Hall–Kier alpha value is -1.77. The molecule has 8 heteroatoms. The molecule has 3 heterocycles. The quantitative estimate of drug-likeness (QED) is 0.787. The molecular formula is C11H16N6O2. The van der Waals surface area contributed by atoms with E-state index >= 15 is 0 Å². The van der Waals surface area contributed by atoms with Gasteiger partial charge in [0.25, 0.3) is 5.89 Å². The van der Waals surface area contributed by atoms with Gasteiger partial charge in [0.2, 0.25) is 0 Å². The second-order valence-electron chi connectivity index (χ2n) is 4.46. The standard InChI is InChI=1S/C11H16N6O2/c12-9(7-17-1-3-18-4-2-17)10-15-11(19-16-10)8-5-13-14-6-8/h5-6,9H,1-4,7,12H2,(H,13,14). The summed E-state index contributed by atoms with van der Waals surface area (Å²) in [6.07, 6.45) is 3.33. The SMILES string of the molecule is NC(CN1CCOCC1)c1noc(-c2cn[nH]c2)n1. The van der Waals surface area contributed by atoms with Crippen LogP contribution in [0, 0.1) is 0 Å². The first-order valence-corrected chi connectivity index (χ1v) is 6.21. The number of rotatable bonds is 4. The molecule has 3 rings (SSSR count). The van der Waals surface area contributed by atoms with Crippen LogP contribution in [0.1, 0.15) is 11.9 Å². The van der Waals surface area contributed by atoms with Crippen LogP contribution in [0.25, 0.3) is 11.5 Å². The minimum atomic E-state index is -0.262. The topological polar surface area (TPSA) is 106 Å². The van der Waals surface area contributed by atoms with Crippen LogP contribution in [-0.2, 0) is 4.74 Å². The van der Waals surface area contributed by atoms with Crippen molar-refractivity contribution in [3.05, 3.63) is 18.2 Å². The summed E-state index contributed by atoms with van der Waals surface area (Å²) in [5, 5.41) is 10.5. The molecule has 0 amide bonds. The number of nitrogens with one attached hydrogen (secondary N) is 1. The molecule has 0 aromatic carbocycles. The average molecular weight is 264 g/mol. The van der Waals surface area contributed by atoms with Gasteiger partial charge in [0.1, 0.15) is 0 Å². The molecule has 1 aliphatic heterocycles. The van der Waals surface area contributed by atoms with E-state index in [0.29, 0.717) is 18.3 Å². The summed E-state index contributed by atoms with van der Waals surface area (Å²) in [6.45, 7) is 3.98. The molecule has 0 radical (unpaired) electrons. The van der Waals surface area contributed by atoms with E-state index in [4.69, 9.17) is 15.0 Å². The van der Waals surface area contributed by atoms with Crippen molar-refractivity contribution in [1.29, 1.82) is 0 Å². The highest BCUT2D eigenvalue weighted by Gasteiger charge is 2.20. The normalized spacial score (nSPS) is 18.6. The molecule has 0 spiro atoms. The lowest BCUT2D eigenvalue weighted by Gasteiger charge is -2.27. The molecule has 19 heavy (non-hydrogen) atoms. The van der Waals surface area contributed by atoms with Gasteiger partial charge >= 0.3 is 0 Å². The van der Waals surface area contributed by atoms with Crippen LogP contribution in [0.4, 0.5) is 0 Å². The molecule has 1 fully saturated rings. The Bertz CT molecular complexity index is 505. The summed E-state index contributed by atoms with van der Waals surface area (Å²) in [6, 6.07) is -0.262. The van der Waals surface area contributed by atoms with Crippen LogP contribution in [-0.4, -0.2) is 58.1 Å². The molecule has 102 valence electrons. The highest BCUT2D eigenvalue weighted by molar-refractivity contribution is 5.49. The van der Waals surface area contributed by atoms with Crippen molar-refractivity contribution in [1.82, 2.24) is 25.2 Å². The number of nitrogens with two attached hydrogens (primary N) is 1. The van der Waals surface area contributed by atoms with Crippen molar-refractivity contribution in [3.63, 3.8) is 0 Å². The number of H-pyrrole nitrogens is 1. The molecular weight excluding hydrogens is 248 g/mol. The summed E-state index contributed by atoms with van der Waals surface area (Å²) in [7, 11) is 0. The van der Waals surface area contributed by atoms with Gasteiger partial charge in [-0.25, -0.2) is 0 Å². The van der Waals surface area contributed by atoms with Gasteiger partial charge < -0.3 is 15.0 Å². The van der Waals surface area contributed by atoms with Gasteiger partial charge in [-0.2, -0.15) is 10.1 Å². The Labute approximate surface area is 109 Å². The zero-order valence-electron chi connectivity index (χ0n) is 10.5. The summed E-state index contributed by atoms with van der Waals surface area (Å²) >= 11 is 0. The first kappa shape index (κ1) is 12.3. The van der Waals surface area contributed by atoms with E-state index in [0.717, 1.165) is 31.9 Å². The first-order chi connectivity index (χ1) is 9.33.